The maximum absolute atomic E-state index is 14.2. The lowest BCUT2D eigenvalue weighted by molar-refractivity contribution is -0.139. The number of hydrogen-bond donors (Lipinski definition) is 1. The van der Waals surface area contributed by atoms with Crippen molar-refractivity contribution in [2.75, 3.05) is 39.3 Å². The van der Waals surface area contributed by atoms with Gasteiger partial charge < -0.3 is 19.5 Å². The summed E-state index contributed by atoms with van der Waals surface area (Å²) < 4.78 is 49.0. The molecular weight excluding hydrogens is 591 g/mol. The number of rotatable bonds is 8. The minimum Gasteiger partial charge on any atom is -0.457 e. The number of piperazine rings is 1. The number of fused-ring (bicyclic) bond motifs is 2. The number of hydrogen-bond acceptors (Lipinski definition) is 5. The monoisotopic (exact) mass is 631 g/mol. The number of pyridine rings is 1. The van der Waals surface area contributed by atoms with Crippen LogP contribution < -0.4 is 4.74 Å². The van der Waals surface area contributed by atoms with Crippen molar-refractivity contribution in [1.82, 2.24) is 24.7 Å². The van der Waals surface area contributed by atoms with Gasteiger partial charge in [0.15, 0.2) is 0 Å². The molecule has 1 saturated heterocycles. The van der Waals surface area contributed by atoms with Crippen LogP contribution in [0.1, 0.15) is 72.2 Å². The van der Waals surface area contributed by atoms with Gasteiger partial charge in [-0.3, -0.25) is 9.69 Å². The van der Waals surface area contributed by atoms with E-state index in [1.165, 1.54) is 24.6 Å². The van der Waals surface area contributed by atoms with Crippen molar-refractivity contribution < 1.29 is 22.7 Å². The maximum atomic E-state index is 14.2. The summed E-state index contributed by atoms with van der Waals surface area (Å²) in [4.78, 5) is 27.6. The van der Waals surface area contributed by atoms with E-state index in [1.54, 1.807) is 23.2 Å². The number of carbonyl (C=O) groups excluding carboxylic acids is 1. The van der Waals surface area contributed by atoms with Gasteiger partial charge in [0, 0.05) is 51.2 Å². The van der Waals surface area contributed by atoms with Crippen LogP contribution in [0.2, 0.25) is 0 Å². The van der Waals surface area contributed by atoms with Crippen molar-refractivity contribution >= 4 is 16.9 Å². The van der Waals surface area contributed by atoms with E-state index in [0.29, 0.717) is 30.2 Å². The van der Waals surface area contributed by atoms with Crippen LogP contribution in [0.25, 0.3) is 11.0 Å². The molecule has 4 aromatic rings. The van der Waals surface area contributed by atoms with Crippen molar-refractivity contribution in [3.63, 3.8) is 0 Å². The smallest absolute Gasteiger partial charge is 0.416 e. The highest BCUT2D eigenvalue weighted by molar-refractivity contribution is 5.84. The summed E-state index contributed by atoms with van der Waals surface area (Å²) in [7, 11) is 0. The van der Waals surface area contributed by atoms with Gasteiger partial charge in [-0.15, -0.1) is 0 Å². The molecular formula is C36H40F3N5O2. The lowest BCUT2D eigenvalue weighted by atomic mass is 9.92. The molecule has 1 N–H and O–H groups in total. The molecule has 0 unspecified atom stereocenters. The molecule has 10 heteroatoms. The van der Waals surface area contributed by atoms with Gasteiger partial charge in [0.25, 0.3) is 0 Å². The summed E-state index contributed by atoms with van der Waals surface area (Å²) >= 11 is 0. The third-order valence-corrected chi connectivity index (χ3v) is 9.88. The predicted octanol–water partition coefficient (Wildman–Crippen LogP) is 7.08. The second-order valence-corrected chi connectivity index (χ2v) is 12.9. The van der Waals surface area contributed by atoms with E-state index in [4.69, 9.17) is 4.74 Å². The van der Waals surface area contributed by atoms with Crippen molar-refractivity contribution in [3.8, 4) is 11.5 Å². The second kappa shape index (κ2) is 12.4. The average molecular weight is 632 g/mol. The van der Waals surface area contributed by atoms with Crippen molar-refractivity contribution in [1.29, 1.82) is 0 Å². The maximum Gasteiger partial charge on any atom is 0.416 e. The second-order valence-electron chi connectivity index (χ2n) is 12.9. The van der Waals surface area contributed by atoms with Crippen molar-refractivity contribution in [2.24, 2.45) is 0 Å². The van der Waals surface area contributed by atoms with Gasteiger partial charge in [0.1, 0.15) is 17.1 Å². The third kappa shape index (κ3) is 6.37. The Morgan fingerprint density at radius 2 is 1.78 bits per heavy atom. The fourth-order valence-corrected chi connectivity index (χ4v) is 6.97. The molecule has 7 nitrogen and oxygen atoms in total. The van der Waals surface area contributed by atoms with Gasteiger partial charge in [-0.1, -0.05) is 25.1 Å². The molecule has 2 aromatic heterocycles. The minimum absolute atomic E-state index is 0.0831. The summed E-state index contributed by atoms with van der Waals surface area (Å²) in [5, 5.41) is 0.940. The highest BCUT2D eigenvalue weighted by atomic mass is 19.4. The normalized spacial score (nSPS) is 19.4. The summed E-state index contributed by atoms with van der Waals surface area (Å²) in [6, 6.07) is 14.1. The van der Waals surface area contributed by atoms with Gasteiger partial charge >= 0.3 is 6.18 Å². The van der Waals surface area contributed by atoms with Crippen LogP contribution >= 0.6 is 0 Å². The molecule has 0 spiro atoms. The van der Waals surface area contributed by atoms with Gasteiger partial charge in [-0.2, -0.15) is 13.2 Å². The molecule has 1 atom stereocenters. The SMILES string of the molecule is CCN1CCN(Cc2ccc(CC(=O)N3CCc4ccc(Oc5ccnc6[nH]c(C7CC7)cc56)cc4[C@@H]3C)cc2C(F)(F)F)CC1. The molecule has 2 aliphatic heterocycles. The van der Waals surface area contributed by atoms with E-state index < -0.39 is 11.7 Å². The Hall–Kier alpha value is -3.89. The first-order valence-corrected chi connectivity index (χ1v) is 16.4. The highest BCUT2D eigenvalue weighted by Gasteiger charge is 2.35. The number of H-pyrrole nitrogens is 1. The first-order valence-electron chi connectivity index (χ1n) is 16.4. The number of alkyl halides is 3. The lowest BCUT2D eigenvalue weighted by Gasteiger charge is -2.36. The molecule has 3 aliphatic rings. The van der Waals surface area contributed by atoms with E-state index in [-0.39, 0.29) is 30.5 Å². The minimum atomic E-state index is -4.49. The number of likely N-dealkylation sites (N-methyl/N-ethyl adjacent to an activating group) is 1. The number of aromatic amines is 1. The summed E-state index contributed by atoms with van der Waals surface area (Å²) in [6.07, 6.45) is 0.204. The van der Waals surface area contributed by atoms with Crippen molar-refractivity contribution in [2.45, 2.75) is 64.2 Å². The number of halogens is 3. The number of benzene rings is 2. The van der Waals surface area contributed by atoms with Crippen LogP contribution in [0.3, 0.4) is 0 Å². The lowest BCUT2D eigenvalue weighted by Crippen LogP contribution is -2.45. The molecule has 0 radical (unpaired) electrons. The quantitative estimate of drug-likeness (QED) is 0.225. The van der Waals surface area contributed by atoms with Crippen LogP contribution in [0, 0.1) is 0 Å². The molecule has 1 saturated carbocycles. The van der Waals surface area contributed by atoms with E-state index in [9.17, 15) is 18.0 Å². The van der Waals surface area contributed by atoms with Gasteiger partial charge in [0.2, 0.25) is 5.91 Å². The van der Waals surface area contributed by atoms with Crippen LogP contribution in [0.5, 0.6) is 11.5 Å². The first kappa shape index (κ1) is 30.7. The van der Waals surface area contributed by atoms with E-state index >= 15 is 0 Å². The number of carbonyl (C=O) groups is 1. The number of aromatic nitrogens is 2. The third-order valence-electron chi connectivity index (χ3n) is 9.88. The number of nitrogens with one attached hydrogen (secondary N) is 1. The van der Waals surface area contributed by atoms with Crippen LogP contribution in [0.15, 0.2) is 54.7 Å². The zero-order chi connectivity index (χ0) is 32.0. The number of amides is 1. The van der Waals surface area contributed by atoms with Crippen LogP contribution in [-0.4, -0.2) is 69.8 Å². The molecule has 0 bridgehead atoms. The van der Waals surface area contributed by atoms with Crippen molar-refractivity contribution in [3.05, 3.63) is 88.2 Å². The van der Waals surface area contributed by atoms with Gasteiger partial charge in [-0.25, -0.2) is 4.98 Å². The Balaban J connectivity index is 1.05. The largest absolute Gasteiger partial charge is 0.457 e. The van der Waals surface area contributed by atoms with Crippen LogP contribution in [0.4, 0.5) is 13.2 Å². The molecule has 2 fully saturated rings. The Bertz CT molecular complexity index is 1740. The Labute approximate surface area is 267 Å². The van der Waals surface area contributed by atoms with E-state index in [0.717, 1.165) is 60.6 Å². The zero-order valence-corrected chi connectivity index (χ0v) is 26.4. The van der Waals surface area contributed by atoms with Gasteiger partial charge in [0.05, 0.1) is 23.4 Å². The molecule has 2 aromatic carbocycles. The Morgan fingerprint density at radius 3 is 2.52 bits per heavy atom. The first-order chi connectivity index (χ1) is 22.2. The topological polar surface area (TPSA) is 64.7 Å². The molecule has 4 heterocycles. The summed E-state index contributed by atoms with van der Waals surface area (Å²) in [5.41, 5.74) is 4.12. The zero-order valence-electron chi connectivity index (χ0n) is 26.4. The Morgan fingerprint density at radius 1 is 1.00 bits per heavy atom. The highest BCUT2D eigenvalue weighted by Crippen LogP contribution is 2.42. The molecule has 1 aliphatic carbocycles. The fraction of sp³-hybridized carbons (Fsp3) is 0.444. The Kier molecular flexibility index (Phi) is 8.27. The number of nitrogens with zero attached hydrogens (tertiary/aromatic N) is 4. The van der Waals surface area contributed by atoms with E-state index in [2.05, 4.69) is 32.8 Å². The molecule has 7 rings (SSSR count). The van der Waals surface area contributed by atoms with Gasteiger partial charge in [-0.05, 0) is 91.2 Å². The fourth-order valence-electron chi connectivity index (χ4n) is 6.97. The summed E-state index contributed by atoms with van der Waals surface area (Å²) in [5.74, 6) is 1.77. The molecule has 242 valence electrons. The average Bonchev–Trinajstić information content (AvgIpc) is 3.80. The number of ether oxygens (including phenoxy) is 1. The summed E-state index contributed by atoms with van der Waals surface area (Å²) in [6.45, 7) is 8.99. The van der Waals surface area contributed by atoms with Crippen LogP contribution in [-0.2, 0) is 30.4 Å². The predicted molar refractivity (Wildman–Crippen MR) is 171 cm³/mol. The van der Waals surface area contributed by atoms with E-state index in [1.807, 2.05) is 31.2 Å². The molecule has 46 heavy (non-hydrogen) atoms. The molecule has 1 amide bonds. The standard InChI is InChI=1S/C36H40F3N5O2/c1-3-42-14-16-43(17-15-42)22-27-5-4-24(18-31(27)36(37,38)39)19-34(45)44-13-11-25-8-9-28(20-29(25)23(44)2)46-33-10-12-40-35-30(33)21-32(41-35)26-6-7-26/h4-5,8-10,12,18,20-21,23,26H,3,6-7,11,13-17,19,22H2,1-2H3,(H,40,41)/t23-/m0/s1.